The van der Waals surface area contributed by atoms with E-state index >= 15 is 0 Å². The Morgan fingerprint density at radius 3 is 2.83 bits per heavy atom. The number of nitrogens with one attached hydrogen (secondary N) is 2. The summed E-state index contributed by atoms with van der Waals surface area (Å²) in [7, 11) is -3.69. The minimum absolute atomic E-state index is 0.136. The molecule has 18 heavy (non-hydrogen) atoms. The molecule has 4 N–H and O–H groups in total. The maximum absolute atomic E-state index is 11.4. The lowest BCUT2D eigenvalue weighted by atomic mass is 10.2. The number of anilines is 1. The summed E-state index contributed by atoms with van der Waals surface area (Å²) in [6, 6.07) is 5.05. The molecule has 0 saturated carbocycles. The fraction of sp³-hybridized carbons (Fsp3) is 0.182. The van der Waals surface area contributed by atoms with Crippen LogP contribution in [0.15, 0.2) is 35.6 Å². The van der Waals surface area contributed by atoms with Crippen molar-refractivity contribution in [3.05, 3.63) is 42.0 Å². The number of primary sulfonamides is 1. The Balaban J connectivity index is 2.20. The summed E-state index contributed by atoms with van der Waals surface area (Å²) in [6.07, 6.45) is 3.28. The Kier molecular flexibility index (Phi) is 3.35. The quantitative estimate of drug-likeness (QED) is 0.767. The smallest absolute Gasteiger partial charge is 0.238 e. The molecule has 0 aliphatic carbocycles. The highest BCUT2D eigenvalue weighted by Crippen LogP contribution is 2.19. The zero-order chi connectivity index (χ0) is 13.2. The van der Waals surface area contributed by atoms with Crippen LogP contribution < -0.4 is 10.5 Å². The minimum Gasteiger partial charge on any atom is -0.379 e. The average molecular weight is 266 g/mol. The number of nitrogens with two attached hydrogens (primary N) is 1. The van der Waals surface area contributed by atoms with Crippen molar-refractivity contribution < 1.29 is 8.42 Å². The zero-order valence-corrected chi connectivity index (χ0v) is 10.7. The number of sulfonamides is 1. The van der Waals surface area contributed by atoms with E-state index in [0.29, 0.717) is 17.8 Å². The van der Waals surface area contributed by atoms with E-state index in [4.69, 9.17) is 5.14 Å². The Morgan fingerprint density at radius 2 is 2.22 bits per heavy atom. The van der Waals surface area contributed by atoms with E-state index in [1.807, 2.05) is 0 Å². The summed E-state index contributed by atoms with van der Waals surface area (Å²) in [4.78, 5) is 6.98. The second-order valence-corrected chi connectivity index (χ2v) is 5.49. The van der Waals surface area contributed by atoms with Crippen molar-refractivity contribution in [3.63, 3.8) is 0 Å². The van der Waals surface area contributed by atoms with Gasteiger partial charge in [0.15, 0.2) is 0 Å². The number of rotatable bonds is 4. The highest BCUT2D eigenvalue weighted by Gasteiger charge is 2.11. The molecular weight excluding hydrogens is 252 g/mol. The zero-order valence-electron chi connectivity index (χ0n) is 9.84. The van der Waals surface area contributed by atoms with E-state index in [1.54, 1.807) is 31.6 Å². The fourth-order valence-electron chi connectivity index (χ4n) is 1.60. The number of aromatic nitrogens is 2. The van der Waals surface area contributed by atoms with E-state index in [9.17, 15) is 8.42 Å². The fourth-order valence-corrected chi connectivity index (χ4v) is 2.40. The molecule has 2 rings (SSSR count). The average Bonchev–Trinajstić information content (AvgIpc) is 2.79. The predicted molar refractivity (Wildman–Crippen MR) is 68.5 cm³/mol. The van der Waals surface area contributed by atoms with Crippen molar-refractivity contribution in [1.29, 1.82) is 0 Å². The molecular formula is C11H14N4O2S. The molecule has 1 aromatic carbocycles. The van der Waals surface area contributed by atoms with Gasteiger partial charge in [0, 0.05) is 11.9 Å². The summed E-state index contributed by atoms with van der Waals surface area (Å²) >= 11 is 0. The maximum atomic E-state index is 11.4. The molecule has 1 heterocycles. The molecule has 0 fully saturated rings. The Hall–Kier alpha value is -1.86. The van der Waals surface area contributed by atoms with Crippen LogP contribution in [0.1, 0.15) is 11.3 Å². The molecule has 6 nitrogen and oxygen atoms in total. The van der Waals surface area contributed by atoms with Crippen LogP contribution in [0.2, 0.25) is 0 Å². The van der Waals surface area contributed by atoms with Crippen LogP contribution in [0.4, 0.5) is 5.69 Å². The summed E-state index contributed by atoms with van der Waals surface area (Å²) in [5.74, 6) is 0. The normalized spacial score (nSPS) is 11.4. The first-order chi connectivity index (χ1) is 8.47. The first-order valence-electron chi connectivity index (χ1n) is 5.31. The SMILES string of the molecule is Cc1ccc(NCc2cnc[nH]2)cc1S(N)(=O)=O. The molecule has 0 atom stereocenters. The van der Waals surface area contributed by atoms with Crippen molar-refractivity contribution in [2.75, 3.05) is 5.32 Å². The van der Waals surface area contributed by atoms with Gasteiger partial charge in [0.1, 0.15) is 0 Å². The van der Waals surface area contributed by atoms with Crippen LogP contribution in [0, 0.1) is 6.92 Å². The van der Waals surface area contributed by atoms with Crippen LogP contribution in [0.25, 0.3) is 0 Å². The van der Waals surface area contributed by atoms with Gasteiger partial charge in [-0.25, -0.2) is 18.5 Å². The third-order valence-corrected chi connectivity index (χ3v) is 3.59. The standard InChI is InChI=1S/C11H14N4O2S/c1-8-2-3-9(4-11(8)18(12,16)17)14-6-10-5-13-7-15-10/h2-5,7,14H,6H2,1H3,(H,13,15)(H2,12,16,17). The Morgan fingerprint density at radius 1 is 1.44 bits per heavy atom. The van der Waals surface area contributed by atoms with Crippen molar-refractivity contribution in [2.45, 2.75) is 18.4 Å². The van der Waals surface area contributed by atoms with Crippen molar-refractivity contribution >= 4 is 15.7 Å². The van der Waals surface area contributed by atoms with Crippen LogP contribution >= 0.6 is 0 Å². The van der Waals surface area contributed by atoms with Gasteiger partial charge in [-0.15, -0.1) is 0 Å². The molecule has 7 heteroatoms. The molecule has 1 aromatic heterocycles. The van der Waals surface area contributed by atoms with Gasteiger partial charge in [0.05, 0.1) is 23.5 Å². The molecule has 0 bridgehead atoms. The van der Waals surface area contributed by atoms with Crippen molar-refractivity contribution in [2.24, 2.45) is 5.14 Å². The van der Waals surface area contributed by atoms with E-state index in [2.05, 4.69) is 15.3 Å². The van der Waals surface area contributed by atoms with Gasteiger partial charge in [0.2, 0.25) is 10.0 Å². The molecule has 0 aliphatic heterocycles. The summed E-state index contributed by atoms with van der Waals surface area (Å²) in [5.41, 5.74) is 2.23. The van der Waals surface area contributed by atoms with E-state index in [0.717, 1.165) is 5.69 Å². The summed E-state index contributed by atoms with van der Waals surface area (Å²) < 4.78 is 22.7. The molecule has 0 unspecified atom stereocenters. The number of hydrogen-bond donors (Lipinski definition) is 3. The molecule has 96 valence electrons. The monoisotopic (exact) mass is 266 g/mol. The lowest BCUT2D eigenvalue weighted by molar-refractivity contribution is 0.597. The van der Waals surface area contributed by atoms with Crippen LogP contribution in [-0.4, -0.2) is 18.4 Å². The first kappa shape index (κ1) is 12.6. The summed E-state index contributed by atoms with van der Waals surface area (Å²) in [6.45, 7) is 2.24. The van der Waals surface area contributed by atoms with Crippen molar-refractivity contribution in [1.82, 2.24) is 9.97 Å². The van der Waals surface area contributed by atoms with Crippen LogP contribution in [0.3, 0.4) is 0 Å². The minimum atomic E-state index is -3.69. The molecule has 0 amide bonds. The molecule has 0 radical (unpaired) electrons. The predicted octanol–water partition coefficient (Wildman–Crippen LogP) is 0.978. The number of imidazole rings is 1. The molecule has 0 aliphatic rings. The van der Waals surface area contributed by atoms with Crippen molar-refractivity contribution in [3.8, 4) is 0 Å². The highest BCUT2D eigenvalue weighted by atomic mass is 32.2. The topological polar surface area (TPSA) is 101 Å². The molecule has 0 saturated heterocycles. The lowest BCUT2D eigenvalue weighted by Crippen LogP contribution is -2.14. The van der Waals surface area contributed by atoms with E-state index < -0.39 is 10.0 Å². The summed E-state index contributed by atoms with van der Waals surface area (Å²) in [5, 5.41) is 8.24. The van der Waals surface area contributed by atoms with Gasteiger partial charge in [-0.2, -0.15) is 0 Å². The molecule has 2 aromatic rings. The maximum Gasteiger partial charge on any atom is 0.238 e. The number of aryl methyl sites for hydroxylation is 1. The number of nitrogens with zero attached hydrogens (tertiary/aromatic N) is 1. The number of H-pyrrole nitrogens is 1. The second kappa shape index (κ2) is 4.79. The first-order valence-corrected chi connectivity index (χ1v) is 6.86. The van der Waals surface area contributed by atoms with Gasteiger partial charge in [0.25, 0.3) is 0 Å². The number of benzene rings is 1. The van der Waals surface area contributed by atoms with E-state index in [-0.39, 0.29) is 4.90 Å². The lowest BCUT2D eigenvalue weighted by Gasteiger charge is -2.08. The second-order valence-electron chi connectivity index (χ2n) is 3.96. The van der Waals surface area contributed by atoms with Gasteiger partial charge in [-0.05, 0) is 24.6 Å². The van der Waals surface area contributed by atoms with Gasteiger partial charge in [-0.1, -0.05) is 6.07 Å². The largest absolute Gasteiger partial charge is 0.379 e. The van der Waals surface area contributed by atoms with Crippen LogP contribution in [0.5, 0.6) is 0 Å². The number of hydrogen-bond acceptors (Lipinski definition) is 4. The Labute approximate surface area is 105 Å². The third-order valence-electron chi connectivity index (χ3n) is 2.53. The highest BCUT2D eigenvalue weighted by molar-refractivity contribution is 7.89. The van der Waals surface area contributed by atoms with Gasteiger partial charge in [-0.3, -0.25) is 0 Å². The van der Waals surface area contributed by atoms with E-state index in [1.165, 1.54) is 6.07 Å². The van der Waals surface area contributed by atoms with Gasteiger partial charge >= 0.3 is 0 Å². The van der Waals surface area contributed by atoms with Gasteiger partial charge < -0.3 is 10.3 Å². The Bertz CT molecular complexity index is 635. The third kappa shape index (κ3) is 2.88. The number of aromatic amines is 1. The van der Waals surface area contributed by atoms with Crippen LogP contribution in [-0.2, 0) is 16.6 Å². The molecule has 0 spiro atoms.